The van der Waals surface area contributed by atoms with E-state index in [1.165, 1.54) is 5.57 Å². The van der Waals surface area contributed by atoms with Crippen molar-refractivity contribution in [3.8, 4) is 11.5 Å². The monoisotopic (exact) mass is 430 g/mol. The van der Waals surface area contributed by atoms with Gasteiger partial charge in [0.2, 0.25) is 11.8 Å². The number of carbonyl (C=O) groups excluding carboxylic acids is 1. The average molecular weight is 431 g/mol. The van der Waals surface area contributed by atoms with E-state index in [9.17, 15) is 4.79 Å². The molecule has 4 rings (SSSR count). The van der Waals surface area contributed by atoms with E-state index in [4.69, 9.17) is 4.42 Å². The number of pyridine rings is 1. The van der Waals surface area contributed by atoms with E-state index < -0.39 is 0 Å². The molecule has 0 unspecified atom stereocenters. The van der Waals surface area contributed by atoms with Gasteiger partial charge in [-0.1, -0.05) is 43.7 Å². The highest BCUT2D eigenvalue weighted by Crippen LogP contribution is 2.38. The zero-order valence-electron chi connectivity index (χ0n) is 18.9. The fraction of sp³-hybridized carbons (Fsp3) is 0.385. The van der Waals surface area contributed by atoms with Gasteiger partial charge in [-0.25, -0.2) is 0 Å². The molecule has 0 saturated carbocycles. The lowest BCUT2D eigenvalue weighted by Crippen LogP contribution is -2.37. The van der Waals surface area contributed by atoms with Gasteiger partial charge in [-0.3, -0.25) is 9.78 Å². The summed E-state index contributed by atoms with van der Waals surface area (Å²) in [7, 11) is 0. The van der Waals surface area contributed by atoms with E-state index in [-0.39, 0.29) is 5.91 Å². The van der Waals surface area contributed by atoms with Crippen LogP contribution in [-0.4, -0.2) is 27.6 Å². The Bertz CT molecular complexity index is 1060. The first-order valence-electron chi connectivity index (χ1n) is 11.3. The van der Waals surface area contributed by atoms with E-state index >= 15 is 0 Å². The molecule has 0 aliphatic heterocycles. The van der Waals surface area contributed by atoms with E-state index in [0.717, 1.165) is 18.4 Å². The molecule has 0 saturated heterocycles. The summed E-state index contributed by atoms with van der Waals surface area (Å²) in [5, 5.41) is 11.6. The quantitative estimate of drug-likeness (QED) is 0.536. The maximum Gasteiger partial charge on any atom is 0.251 e. The number of hydrogen-bond acceptors (Lipinski definition) is 5. The molecule has 1 aliphatic rings. The number of rotatable bonds is 7. The van der Waals surface area contributed by atoms with Crippen molar-refractivity contribution in [1.29, 1.82) is 0 Å². The number of nitrogens with zero attached hydrogens (tertiary/aromatic N) is 3. The molecule has 3 aromatic rings. The number of carbonyl (C=O) groups is 1. The molecule has 1 amide bonds. The standard InChI is InChI=1S/C26H30N4O2/c1-17(2)23-14-21(15-24-29-30-26(32-24)20-9-11-27-12-10-20)18(3)13-22(23)16-28-25(31)19-7-5-4-6-8-19/h4-13,17,21-23H,14-16H2,1-3H3,(H,28,31)/t21-,22-,23-/m0/s1. The molecule has 2 aromatic heterocycles. The first-order valence-corrected chi connectivity index (χ1v) is 11.3. The van der Waals surface area contributed by atoms with Gasteiger partial charge in [-0.05, 0) is 61.3 Å². The summed E-state index contributed by atoms with van der Waals surface area (Å²) in [6.45, 7) is 7.34. The highest BCUT2D eigenvalue weighted by molar-refractivity contribution is 5.94. The number of hydrogen-bond donors (Lipinski definition) is 1. The Hall–Kier alpha value is -3.28. The Morgan fingerprint density at radius 2 is 1.88 bits per heavy atom. The Morgan fingerprint density at radius 1 is 1.12 bits per heavy atom. The third-order valence-corrected chi connectivity index (χ3v) is 6.43. The van der Waals surface area contributed by atoms with Gasteiger partial charge in [-0.2, -0.15) is 0 Å². The number of amides is 1. The van der Waals surface area contributed by atoms with Gasteiger partial charge in [0.15, 0.2) is 0 Å². The number of benzene rings is 1. The van der Waals surface area contributed by atoms with Crippen LogP contribution in [0, 0.1) is 23.7 Å². The molecule has 1 aliphatic carbocycles. The summed E-state index contributed by atoms with van der Waals surface area (Å²) in [5.41, 5.74) is 2.90. The lowest BCUT2D eigenvalue weighted by molar-refractivity contribution is 0.0939. The Morgan fingerprint density at radius 3 is 2.59 bits per heavy atom. The van der Waals surface area contributed by atoms with Crippen LogP contribution in [0.2, 0.25) is 0 Å². The molecule has 6 nitrogen and oxygen atoms in total. The second kappa shape index (κ2) is 9.90. The molecule has 3 atom stereocenters. The lowest BCUT2D eigenvalue weighted by atomic mass is 9.70. The van der Waals surface area contributed by atoms with E-state index in [2.05, 4.69) is 47.3 Å². The molecule has 1 N–H and O–H groups in total. The van der Waals surface area contributed by atoms with Gasteiger partial charge in [0.05, 0.1) is 0 Å². The van der Waals surface area contributed by atoms with Gasteiger partial charge in [0, 0.05) is 36.5 Å². The third kappa shape index (κ3) is 5.13. The van der Waals surface area contributed by atoms with Crippen molar-refractivity contribution in [2.75, 3.05) is 6.54 Å². The van der Waals surface area contributed by atoms with Gasteiger partial charge in [-0.15, -0.1) is 10.2 Å². The van der Waals surface area contributed by atoms with Crippen molar-refractivity contribution < 1.29 is 9.21 Å². The van der Waals surface area contributed by atoms with Crippen LogP contribution in [0.4, 0.5) is 0 Å². The topological polar surface area (TPSA) is 80.9 Å². The molecule has 0 spiro atoms. The van der Waals surface area contributed by atoms with Crippen molar-refractivity contribution in [2.24, 2.45) is 23.7 Å². The minimum absolute atomic E-state index is 0.0178. The highest BCUT2D eigenvalue weighted by Gasteiger charge is 2.32. The van der Waals surface area contributed by atoms with E-state index in [1.807, 2.05) is 42.5 Å². The molecule has 0 bridgehead atoms. The van der Waals surface area contributed by atoms with Crippen LogP contribution in [0.5, 0.6) is 0 Å². The van der Waals surface area contributed by atoms with Crippen LogP contribution in [0.3, 0.4) is 0 Å². The molecule has 1 aromatic carbocycles. The van der Waals surface area contributed by atoms with Crippen LogP contribution in [0.1, 0.15) is 43.4 Å². The smallest absolute Gasteiger partial charge is 0.251 e. The van der Waals surface area contributed by atoms with Crippen LogP contribution in [0.25, 0.3) is 11.5 Å². The van der Waals surface area contributed by atoms with Crippen LogP contribution in [-0.2, 0) is 6.42 Å². The largest absolute Gasteiger partial charge is 0.421 e. The van der Waals surface area contributed by atoms with Crippen molar-refractivity contribution in [1.82, 2.24) is 20.5 Å². The summed E-state index contributed by atoms with van der Waals surface area (Å²) < 4.78 is 5.94. The number of aromatic nitrogens is 3. The minimum Gasteiger partial charge on any atom is -0.421 e. The van der Waals surface area contributed by atoms with Crippen LogP contribution < -0.4 is 5.32 Å². The summed E-state index contributed by atoms with van der Waals surface area (Å²) in [6, 6.07) is 13.1. The van der Waals surface area contributed by atoms with Gasteiger partial charge >= 0.3 is 0 Å². The second-order valence-corrected chi connectivity index (χ2v) is 8.93. The van der Waals surface area contributed by atoms with Crippen molar-refractivity contribution in [2.45, 2.75) is 33.6 Å². The van der Waals surface area contributed by atoms with E-state index in [1.54, 1.807) is 12.4 Å². The molecule has 0 radical (unpaired) electrons. The minimum atomic E-state index is -0.0178. The molecular weight excluding hydrogens is 400 g/mol. The molecule has 32 heavy (non-hydrogen) atoms. The molecule has 0 fully saturated rings. The Balaban J connectivity index is 1.43. The Kier molecular flexibility index (Phi) is 6.78. The normalized spacial score (nSPS) is 20.8. The first-order chi connectivity index (χ1) is 15.5. The lowest BCUT2D eigenvalue weighted by Gasteiger charge is -2.37. The molecule has 2 heterocycles. The van der Waals surface area contributed by atoms with Crippen molar-refractivity contribution in [3.05, 3.63) is 78.0 Å². The predicted octanol–water partition coefficient (Wildman–Crippen LogP) is 4.96. The second-order valence-electron chi connectivity index (χ2n) is 8.93. The van der Waals surface area contributed by atoms with Crippen LogP contribution >= 0.6 is 0 Å². The average Bonchev–Trinajstić information content (AvgIpc) is 3.28. The number of nitrogens with one attached hydrogen (secondary N) is 1. The maximum absolute atomic E-state index is 12.5. The SMILES string of the molecule is CC1=C[C@@H](CNC(=O)c2ccccc2)[C@H](C(C)C)C[C@H]1Cc1nnc(-c2ccncc2)o1. The van der Waals surface area contributed by atoms with Gasteiger partial charge in [0.1, 0.15) is 0 Å². The molecule has 6 heteroatoms. The van der Waals surface area contributed by atoms with Gasteiger partial charge in [0.25, 0.3) is 5.91 Å². The predicted molar refractivity (Wildman–Crippen MR) is 124 cm³/mol. The molecular formula is C26H30N4O2. The summed E-state index contributed by atoms with van der Waals surface area (Å²) >= 11 is 0. The van der Waals surface area contributed by atoms with Gasteiger partial charge < -0.3 is 9.73 Å². The van der Waals surface area contributed by atoms with Crippen LogP contribution in [0.15, 0.2) is 70.9 Å². The van der Waals surface area contributed by atoms with Crippen molar-refractivity contribution >= 4 is 5.91 Å². The zero-order valence-corrected chi connectivity index (χ0v) is 18.9. The third-order valence-electron chi connectivity index (χ3n) is 6.43. The number of allylic oxidation sites excluding steroid dienone is 1. The molecule has 166 valence electrons. The zero-order chi connectivity index (χ0) is 22.5. The summed E-state index contributed by atoms with van der Waals surface area (Å²) in [5.74, 6) is 2.83. The fourth-order valence-electron chi connectivity index (χ4n) is 4.57. The highest BCUT2D eigenvalue weighted by atomic mass is 16.4. The fourth-order valence-corrected chi connectivity index (χ4v) is 4.57. The first kappa shape index (κ1) is 21.9. The summed E-state index contributed by atoms with van der Waals surface area (Å²) in [6.07, 6.45) is 7.55. The summed E-state index contributed by atoms with van der Waals surface area (Å²) in [4.78, 5) is 16.5. The van der Waals surface area contributed by atoms with E-state index in [0.29, 0.717) is 47.6 Å². The Labute approximate surface area is 189 Å². The maximum atomic E-state index is 12.5. The van der Waals surface area contributed by atoms with Crippen molar-refractivity contribution in [3.63, 3.8) is 0 Å².